The van der Waals surface area contributed by atoms with E-state index < -0.39 is 0 Å². The normalized spacial score (nSPS) is 23.2. The molecular formula is C17H26N2OS. The lowest BCUT2D eigenvalue weighted by Crippen LogP contribution is -2.39. The fraction of sp³-hybridized carbons (Fsp3) is 0.647. The maximum atomic E-state index is 5.87. The molecule has 2 fully saturated rings. The highest BCUT2D eigenvalue weighted by molar-refractivity contribution is 7.99. The molecule has 1 N–H and O–H groups in total. The molecule has 1 saturated carbocycles. The Bertz CT molecular complexity index is 433. The monoisotopic (exact) mass is 306 g/mol. The summed E-state index contributed by atoms with van der Waals surface area (Å²) in [5, 5.41) is 4.29. The molecule has 1 heterocycles. The highest BCUT2D eigenvalue weighted by Gasteiger charge is 2.19. The summed E-state index contributed by atoms with van der Waals surface area (Å²) in [7, 11) is 0. The molecule has 0 aromatic heterocycles. The van der Waals surface area contributed by atoms with E-state index >= 15 is 0 Å². The summed E-state index contributed by atoms with van der Waals surface area (Å²) in [6.45, 7) is 7.51. The van der Waals surface area contributed by atoms with E-state index in [-0.39, 0.29) is 0 Å². The molecule has 3 rings (SSSR count). The number of nitrogens with zero attached hydrogens (tertiary/aromatic N) is 1. The Morgan fingerprint density at radius 1 is 1.29 bits per heavy atom. The number of ether oxygens (including phenoxy) is 1. The number of benzene rings is 1. The lowest BCUT2D eigenvalue weighted by molar-refractivity contribution is 0.215. The van der Waals surface area contributed by atoms with Gasteiger partial charge in [0.25, 0.3) is 0 Å². The van der Waals surface area contributed by atoms with Crippen LogP contribution in [0.15, 0.2) is 24.3 Å². The molecule has 4 heteroatoms. The Kier molecular flexibility index (Phi) is 5.44. The van der Waals surface area contributed by atoms with Crippen molar-refractivity contribution in [3.05, 3.63) is 29.8 Å². The van der Waals surface area contributed by atoms with Gasteiger partial charge in [0.05, 0.1) is 0 Å². The van der Waals surface area contributed by atoms with Gasteiger partial charge in [-0.15, -0.1) is 0 Å². The first-order valence-corrected chi connectivity index (χ1v) is 9.13. The Labute approximate surface area is 132 Å². The smallest absolute Gasteiger partial charge is 0.119 e. The minimum atomic E-state index is 0.761. The molecule has 0 spiro atoms. The average Bonchev–Trinajstić information content (AvgIpc) is 3.31. The number of hydrogen-bond acceptors (Lipinski definition) is 4. The molecule has 1 atom stereocenters. The fourth-order valence-corrected chi connectivity index (χ4v) is 3.72. The first-order chi connectivity index (χ1) is 10.3. The van der Waals surface area contributed by atoms with Gasteiger partial charge in [-0.25, -0.2) is 0 Å². The molecule has 0 amide bonds. The molecule has 116 valence electrons. The third-order valence-corrected chi connectivity index (χ3v) is 5.23. The summed E-state index contributed by atoms with van der Waals surface area (Å²) in [6.07, 6.45) is 2.68. The lowest BCUT2D eigenvalue weighted by atomic mass is 10.2. The second kappa shape index (κ2) is 7.52. The minimum absolute atomic E-state index is 0.761. The van der Waals surface area contributed by atoms with E-state index in [9.17, 15) is 0 Å². The lowest BCUT2D eigenvalue weighted by Gasteiger charge is -2.30. The largest absolute Gasteiger partial charge is 0.492 e. The third-order valence-electron chi connectivity index (χ3n) is 4.10. The summed E-state index contributed by atoms with van der Waals surface area (Å²) in [4.78, 5) is 2.51. The van der Waals surface area contributed by atoms with Crippen LogP contribution in [0, 0.1) is 0 Å². The predicted octanol–water partition coefficient (Wildman–Crippen LogP) is 2.75. The standard InChI is InChI=1S/C17H26N2OS/c1-14-13-19(9-11-21-14)8-10-20-17-6-2-15(3-7-17)12-18-16-4-5-16/h2-3,6-7,14,16,18H,4-5,8-13H2,1H3. The molecule has 1 unspecified atom stereocenters. The summed E-state index contributed by atoms with van der Waals surface area (Å²) < 4.78 is 5.87. The second-order valence-corrected chi connectivity index (χ2v) is 7.68. The van der Waals surface area contributed by atoms with Crippen molar-refractivity contribution in [2.24, 2.45) is 0 Å². The van der Waals surface area contributed by atoms with Gasteiger partial charge in [-0.3, -0.25) is 4.90 Å². The summed E-state index contributed by atoms with van der Waals surface area (Å²) >= 11 is 2.08. The zero-order valence-corrected chi connectivity index (χ0v) is 13.7. The van der Waals surface area contributed by atoms with Crippen LogP contribution in [0.3, 0.4) is 0 Å². The molecule has 1 aromatic rings. The van der Waals surface area contributed by atoms with E-state index in [4.69, 9.17) is 4.74 Å². The Hall–Kier alpha value is -0.710. The number of hydrogen-bond donors (Lipinski definition) is 1. The summed E-state index contributed by atoms with van der Waals surface area (Å²) in [6, 6.07) is 9.30. The van der Waals surface area contributed by atoms with E-state index in [1.807, 2.05) is 0 Å². The highest BCUT2D eigenvalue weighted by atomic mass is 32.2. The van der Waals surface area contributed by atoms with E-state index in [0.29, 0.717) is 0 Å². The molecule has 2 aliphatic rings. The molecule has 1 aromatic carbocycles. The van der Waals surface area contributed by atoms with Gasteiger partial charge >= 0.3 is 0 Å². The van der Waals surface area contributed by atoms with E-state index in [0.717, 1.165) is 36.7 Å². The van der Waals surface area contributed by atoms with Crippen molar-refractivity contribution in [3.63, 3.8) is 0 Å². The SMILES string of the molecule is CC1CN(CCOc2ccc(CNC3CC3)cc2)CCS1. The van der Waals surface area contributed by atoms with E-state index in [1.54, 1.807) is 0 Å². The summed E-state index contributed by atoms with van der Waals surface area (Å²) in [5.74, 6) is 2.24. The van der Waals surface area contributed by atoms with Crippen molar-refractivity contribution >= 4 is 11.8 Å². The topological polar surface area (TPSA) is 24.5 Å². The first kappa shape index (κ1) is 15.2. The van der Waals surface area contributed by atoms with Crippen LogP contribution in [0.2, 0.25) is 0 Å². The molecule has 1 aliphatic carbocycles. The van der Waals surface area contributed by atoms with Crippen LogP contribution < -0.4 is 10.1 Å². The van der Waals surface area contributed by atoms with Crippen LogP contribution in [0.1, 0.15) is 25.3 Å². The predicted molar refractivity (Wildman–Crippen MR) is 90.2 cm³/mol. The quantitative estimate of drug-likeness (QED) is 0.837. The van der Waals surface area contributed by atoms with Crippen molar-refractivity contribution in [1.82, 2.24) is 10.2 Å². The van der Waals surface area contributed by atoms with Gasteiger partial charge in [0.15, 0.2) is 0 Å². The molecule has 0 bridgehead atoms. The minimum Gasteiger partial charge on any atom is -0.492 e. The Morgan fingerprint density at radius 2 is 2.10 bits per heavy atom. The van der Waals surface area contributed by atoms with Gasteiger partial charge in [0.2, 0.25) is 0 Å². The van der Waals surface area contributed by atoms with E-state index in [2.05, 4.69) is 53.2 Å². The molecule has 3 nitrogen and oxygen atoms in total. The maximum absolute atomic E-state index is 5.87. The van der Waals surface area contributed by atoms with Gasteiger partial charge in [-0.1, -0.05) is 19.1 Å². The van der Waals surface area contributed by atoms with Crippen LogP contribution in [0.5, 0.6) is 5.75 Å². The van der Waals surface area contributed by atoms with Crippen LogP contribution in [-0.4, -0.2) is 48.2 Å². The van der Waals surface area contributed by atoms with Crippen LogP contribution in [-0.2, 0) is 6.54 Å². The molecule has 1 saturated heterocycles. The third kappa shape index (κ3) is 5.20. The molecule has 0 radical (unpaired) electrons. The van der Waals surface area contributed by atoms with Crippen LogP contribution in [0.4, 0.5) is 0 Å². The van der Waals surface area contributed by atoms with Crippen molar-refractivity contribution in [1.29, 1.82) is 0 Å². The van der Waals surface area contributed by atoms with Gasteiger partial charge in [0.1, 0.15) is 12.4 Å². The van der Waals surface area contributed by atoms with Gasteiger partial charge in [-0.2, -0.15) is 11.8 Å². The Morgan fingerprint density at radius 3 is 2.81 bits per heavy atom. The fourth-order valence-electron chi connectivity index (χ4n) is 2.64. The van der Waals surface area contributed by atoms with Crippen LogP contribution >= 0.6 is 11.8 Å². The zero-order valence-electron chi connectivity index (χ0n) is 12.9. The average molecular weight is 306 g/mol. The number of nitrogens with one attached hydrogen (secondary N) is 1. The van der Waals surface area contributed by atoms with Gasteiger partial charge in [0, 0.05) is 43.2 Å². The Balaban J connectivity index is 1.36. The van der Waals surface area contributed by atoms with Crippen molar-refractivity contribution in [3.8, 4) is 5.75 Å². The van der Waals surface area contributed by atoms with Gasteiger partial charge in [-0.05, 0) is 30.5 Å². The first-order valence-electron chi connectivity index (χ1n) is 8.09. The van der Waals surface area contributed by atoms with Crippen molar-refractivity contribution < 1.29 is 4.74 Å². The van der Waals surface area contributed by atoms with Crippen molar-refractivity contribution in [2.45, 2.75) is 37.6 Å². The number of thioether (sulfide) groups is 1. The van der Waals surface area contributed by atoms with Crippen molar-refractivity contribution in [2.75, 3.05) is 32.0 Å². The number of rotatable bonds is 7. The second-order valence-electron chi connectivity index (χ2n) is 6.13. The summed E-state index contributed by atoms with van der Waals surface area (Å²) in [5.41, 5.74) is 1.34. The molecular weight excluding hydrogens is 280 g/mol. The maximum Gasteiger partial charge on any atom is 0.119 e. The molecule has 21 heavy (non-hydrogen) atoms. The molecule has 1 aliphatic heterocycles. The van der Waals surface area contributed by atoms with E-state index in [1.165, 1.54) is 37.2 Å². The van der Waals surface area contributed by atoms with Gasteiger partial charge < -0.3 is 10.1 Å². The zero-order chi connectivity index (χ0) is 14.5. The highest BCUT2D eigenvalue weighted by Crippen LogP contribution is 2.20. The van der Waals surface area contributed by atoms with Crippen LogP contribution in [0.25, 0.3) is 0 Å².